The first kappa shape index (κ1) is 14.9. The third-order valence-electron chi connectivity index (χ3n) is 2.73. The van der Waals surface area contributed by atoms with Crippen molar-refractivity contribution in [1.82, 2.24) is 4.90 Å². The van der Waals surface area contributed by atoms with E-state index in [0.29, 0.717) is 19.8 Å². The van der Waals surface area contributed by atoms with E-state index in [9.17, 15) is 0 Å². The molecule has 0 saturated carbocycles. The second-order valence-corrected chi connectivity index (χ2v) is 3.99. The number of ether oxygens (including phenoxy) is 4. The zero-order valence-corrected chi connectivity index (χ0v) is 11.0. The highest BCUT2D eigenvalue weighted by atomic mass is 16.7. The van der Waals surface area contributed by atoms with E-state index < -0.39 is 0 Å². The van der Waals surface area contributed by atoms with Crippen molar-refractivity contribution < 1.29 is 18.9 Å². The van der Waals surface area contributed by atoms with Crippen LogP contribution in [0.25, 0.3) is 0 Å². The standard InChI is InChI=1S/C12H25NO4/c1-3-16-12(4-8-14-2)17-11-7-13-5-9-15-10-6-13/h12H,3-11H2,1-2H3. The quantitative estimate of drug-likeness (QED) is 0.562. The fraction of sp³-hybridized carbons (Fsp3) is 1.00. The second-order valence-electron chi connectivity index (χ2n) is 3.99. The highest BCUT2D eigenvalue weighted by Gasteiger charge is 2.12. The molecule has 0 radical (unpaired) electrons. The molecule has 0 spiro atoms. The SMILES string of the molecule is CCOC(CCOC)OCCN1CCOCC1. The highest BCUT2D eigenvalue weighted by Crippen LogP contribution is 2.03. The van der Waals surface area contributed by atoms with E-state index in [-0.39, 0.29) is 6.29 Å². The molecule has 1 unspecified atom stereocenters. The van der Waals surface area contributed by atoms with Crippen molar-refractivity contribution in [2.75, 3.05) is 59.8 Å². The van der Waals surface area contributed by atoms with E-state index >= 15 is 0 Å². The lowest BCUT2D eigenvalue weighted by atomic mass is 10.4. The number of methoxy groups -OCH3 is 1. The van der Waals surface area contributed by atoms with Gasteiger partial charge in [0.1, 0.15) is 0 Å². The van der Waals surface area contributed by atoms with Gasteiger partial charge in [-0.25, -0.2) is 0 Å². The van der Waals surface area contributed by atoms with E-state index in [2.05, 4.69) is 4.90 Å². The third-order valence-corrected chi connectivity index (χ3v) is 2.73. The van der Waals surface area contributed by atoms with Crippen LogP contribution in [0.1, 0.15) is 13.3 Å². The molecule has 0 amide bonds. The molecule has 1 heterocycles. The molecule has 1 atom stereocenters. The summed E-state index contributed by atoms with van der Waals surface area (Å²) in [5.74, 6) is 0. The van der Waals surface area contributed by atoms with Crippen LogP contribution >= 0.6 is 0 Å². The van der Waals surface area contributed by atoms with Crippen LogP contribution in [0.3, 0.4) is 0 Å². The topological polar surface area (TPSA) is 40.2 Å². The maximum absolute atomic E-state index is 5.70. The lowest BCUT2D eigenvalue weighted by molar-refractivity contribution is -0.152. The summed E-state index contributed by atoms with van der Waals surface area (Å²) in [6.45, 7) is 8.63. The Morgan fingerprint density at radius 1 is 1.18 bits per heavy atom. The van der Waals surface area contributed by atoms with Crippen molar-refractivity contribution in [3.63, 3.8) is 0 Å². The molecule has 0 bridgehead atoms. The van der Waals surface area contributed by atoms with Gasteiger partial charge in [0.05, 0.1) is 26.4 Å². The largest absolute Gasteiger partial charge is 0.384 e. The minimum absolute atomic E-state index is 0.138. The molecule has 0 aliphatic carbocycles. The van der Waals surface area contributed by atoms with Crippen molar-refractivity contribution in [1.29, 1.82) is 0 Å². The molecular weight excluding hydrogens is 222 g/mol. The molecule has 1 aliphatic rings. The zero-order valence-electron chi connectivity index (χ0n) is 11.0. The zero-order chi connectivity index (χ0) is 12.3. The first-order valence-electron chi connectivity index (χ1n) is 6.39. The van der Waals surface area contributed by atoms with Crippen LogP contribution in [0, 0.1) is 0 Å². The monoisotopic (exact) mass is 247 g/mol. The maximum atomic E-state index is 5.70. The number of hydrogen-bond acceptors (Lipinski definition) is 5. The summed E-state index contributed by atoms with van der Waals surface area (Å²) in [7, 11) is 1.69. The van der Waals surface area contributed by atoms with Gasteiger partial charge in [0.2, 0.25) is 0 Å². The number of morpholine rings is 1. The highest BCUT2D eigenvalue weighted by molar-refractivity contribution is 4.61. The molecule has 0 aromatic rings. The van der Waals surface area contributed by atoms with Gasteiger partial charge >= 0.3 is 0 Å². The molecule has 0 N–H and O–H groups in total. The van der Waals surface area contributed by atoms with Gasteiger partial charge in [0.15, 0.2) is 6.29 Å². The van der Waals surface area contributed by atoms with Gasteiger partial charge in [-0.1, -0.05) is 0 Å². The first-order valence-corrected chi connectivity index (χ1v) is 6.39. The Labute approximate surface area is 104 Å². The van der Waals surface area contributed by atoms with Gasteiger partial charge in [0, 0.05) is 39.8 Å². The van der Waals surface area contributed by atoms with Gasteiger partial charge < -0.3 is 18.9 Å². The average Bonchev–Trinajstić information content (AvgIpc) is 2.37. The van der Waals surface area contributed by atoms with Crippen molar-refractivity contribution >= 4 is 0 Å². The molecule has 0 aromatic carbocycles. The van der Waals surface area contributed by atoms with Crippen molar-refractivity contribution in [3.05, 3.63) is 0 Å². The molecule has 1 aliphatic heterocycles. The summed E-state index contributed by atoms with van der Waals surface area (Å²) in [6.07, 6.45) is 0.647. The maximum Gasteiger partial charge on any atom is 0.159 e. The summed E-state index contributed by atoms with van der Waals surface area (Å²) in [5.41, 5.74) is 0. The van der Waals surface area contributed by atoms with Crippen LogP contribution in [0.5, 0.6) is 0 Å². The molecule has 1 fully saturated rings. The van der Waals surface area contributed by atoms with Crippen LogP contribution in [0.2, 0.25) is 0 Å². The van der Waals surface area contributed by atoms with Gasteiger partial charge in [-0.05, 0) is 6.92 Å². The van der Waals surface area contributed by atoms with Gasteiger partial charge in [0.25, 0.3) is 0 Å². The van der Waals surface area contributed by atoms with Gasteiger partial charge in [-0.2, -0.15) is 0 Å². The summed E-state index contributed by atoms with van der Waals surface area (Å²) in [5, 5.41) is 0. The molecule has 1 saturated heterocycles. The Morgan fingerprint density at radius 2 is 1.94 bits per heavy atom. The lowest BCUT2D eigenvalue weighted by Gasteiger charge is -2.27. The lowest BCUT2D eigenvalue weighted by Crippen LogP contribution is -2.39. The van der Waals surface area contributed by atoms with Crippen LogP contribution in [-0.4, -0.2) is 71.0 Å². The molecule has 0 aromatic heterocycles. The van der Waals surface area contributed by atoms with Crippen LogP contribution < -0.4 is 0 Å². The summed E-state index contributed by atoms with van der Waals surface area (Å²) < 4.78 is 21.5. The predicted octanol–water partition coefficient (Wildman–Crippen LogP) is 0.734. The molecule has 17 heavy (non-hydrogen) atoms. The summed E-state index contributed by atoms with van der Waals surface area (Å²) in [6, 6.07) is 0. The third kappa shape index (κ3) is 6.95. The number of nitrogens with zero attached hydrogens (tertiary/aromatic N) is 1. The van der Waals surface area contributed by atoms with E-state index in [0.717, 1.165) is 39.3 Å². The second kappa shape index (κ2) is 9.79. The van der Waals surface area contributed by atoms with Crippen LogP contribution in [0.4, 0.5) is 0 Å². The number of hydrogen-bond donors (Lipinski definition) is 0. The van der Waals surface area contributed by atoms with E-state index in [1.54, 1.807) is 7.11 Å². The van der Waals surface area contributed by atoms with Crippen molar-refractivity contribution in [2.24, 2.45) is 0 Å². The Morgan fingerprint density at radius 3 is 2.59 bits per heavy atom. The number of rotatable bonds is 9. The Bertz CT molecular complexity index is 174. The normalized spacial score (nSPS) is 19.4. The average molecular weight is 247 g/mol. The summed E-state index contributed by atoms with van der Waals surface area (Å²) >= 11 is 0. The first-order chi connectivity index (χ1) is 8.36. The predicted molar refractivity (Wildman–Crippen MR) is 65.1 cm³/mol. The Balaban J connectivity index is 2.07. The van der Waals surface area contributed by atoms with Gasteiger partial charge in [-0.3, -0.25) is 4.90 Å². The van der Waals surface area contributed by atoms with Crippen molar-refractivity contribution in [2.45, 2.75) is 19.6 Å². The van der Waals surface area contributed by atoms with E-state index in [4.69, 9.17) is 18.9 Å². The fourth-order valence-corrected chi connectivity index (χ4v) is 1.75. The van der Waals surface area contributed by atoms with Crippen LogP contribution in [-0.2, 0) is 18.9 Å². The molecule has 1 rings (SSSR count). The fourth-order valence-electron chi connectivity index (χ4n) is 1.75. The molecule has 102 valence electrons. The minimum Gasteiger partial charge on any atom is -0.384 e. The Hall–Kier alpha value is -0.200. The van der Waals surface area contributed by atoms with E-state index in [1.165, 1.54) is 0 Å². The smallest absolute Gasteiger partial charge is 0.159 e. The van der Waals surface area contributed by atoms with Crippen molar-refractivity contribution in [3.8, 4) is 0 Å². The van der Waals surface area contributed by atoms with Gasteiger partial charge in [-0.15, -0.1) is 0 Å². The Kier molecular flexibility index (Phi) is 8.56. The molecular formula is C12H25NO4. The molecule has 5 nitrogen and oxygen atoms in total. The minimum atomic E-state index is -0.138. The van der Waals surface area contributed by atoms with E-state index in [1.807, 2.05) is 6.92 Å². The molecule has 5 heteroatoms. The van der Waals surface area contributed by atoms with Crippen LogP contribution in [0.15, 0.2) is 0 Å². The summed E-state index contributed by atoms with van der Waals surface area (Å²) in [4.78, 5) is 2.35.